The largest absolute Gasteiger partial charge is 0.344 e. The Balaban J connectivity index is 3.81. The van der Waals surface area contributed by atoms with Crippen LogP contribution < -0.4 is 5.56 Å². The van der Waals surface area contributed by atoms with E-state index in [1.54, 1.807) is 20.8 Å². The van der Waals surface area contributed by atoms with Gasteiger partial charge in [0.1, 0.15) is 5.56 Å². The summed E-state index contributed by atoms with van der Waals surface area (Å²) in [5.74, 6) is 0. The van der Waals surface area contributed by atoms with Gasteiger partial charge in [-0.25, -0.2) is 0 Å². The normalized spacial score (nSPS) is 11.2. The summed E-state index contributed by atoms with van der Waals surface area (Å²) in [7, 11) is 0. The third-order valence-corrected chi connectivity index (χ3v) is 2.18. The first-order valence-corrected chi connectivity index (χ1v) is 4.71. The first kappa shape index (κ1) is 12.8. The van der Waals surface area contributed by atoms with Crippen LogP contribution in [0.15, 0.2) is 11.0 Å². The van der Waals surface area contributed by atoms with Gasteiger partial charge in [0.05, 0.1) is 16.0 Å². The number of aromatic amines is 1. The minimum absolute atomic E-state index is 0.170. The lowest BCUT2D eigenvalue weighted by molar-refractivity contribution is -0.397. The smallest absolute Gasteiger partial charge is 0.317 e. The van der Waals surface area contributed by atoms with Gasteiger partial charge in [0.2, 0.25) is 0 Å². The van der Waals surface area contributed by atoms with E-state index in [4.69, 9.17) is 0 Å². The number of hydrogen-bond donors (Lipinski definition) is 1. The molecule has 0 aliphatic rings. The molecule has 17 heavy (non-hydrogen) atoms. The summed E-state index contributed by atoms with van der Waals surface area (Å²) in [6.45, 7) is 4.71. The van der Waals surface area contributed by atoms with Crippen molar-refractivity contribution in [3.05, 3.63) is 42.3 Å². The summed E-state index contributed by atoms with van der Waals surface area (Å²) >= 11 is 0. The molecule has 0 aromatic carbocycles. The predicted molar refractivity (Wildman–Crippen MR) is 59.1 cm³/mol. The molecule has 0 bridgehead atoms. The first-order chi connectivity index (χ1) is 7.66. The molecule has 0 saturated carbocycles. The van der Waals surface area contributed by atoms with Crippen molar-refractivity contribution in [3.8, 4) is 0 Å². The Morgan fingerprint density at radius 1 is 1.18 bits per heavy atom. The maximum absolute atomic E-state index is 11.4. The molecule has 1 N–H and O–H groups in total. The summed E-state index contributed by atoms with van der Waals surface area (Å²) in [4.78, 5) is 33.4. The van der Waals surface area contributed by atoms with E-state index in [-0.39, 0.29) is 5.56 Å². The lowest BCUT2D eigenvalue weighted by Gasteiger charge is -2.17. The van der Waals surface area contributed by atoms with Gasteiger partial charge in [-0.2, -0.15) is 0 Å². The van der Waals surface area contributed by atoms with Gasteiger partial charge in [0.25, 0.3) is 5.69 Å². The van der Waals surface area contributed by atoms with Crippen molar-refractivity contribution in [1.82, 2.24) is 4.98 Å². The van der Waals surface area contributed by atoms with Gasteiger partial charge in [-0.05, 0) is 0 Å². The summed E-state index contributed by atoms with van der Waals surface area (Å²) in [5.41, 5.74) is -3.21. The fourth-order valence-corrected chi connectivity index (χ4v) is 1.57. The predicted octanol–water partition coefficient (Wildman–Crippen LogP) is 1.49. The number of nitrogens with zero attached hydrogens (tertiary/aromatic N) is 2. The third kappa shape index (κ3) is 2.30. The number of aromatic nitrogens is 1. The van der Waals surface area contributed by atoms with Crippen LogP contribution in [0.2, 0.25) is 0 Å². The minimum Gasteiger partial charge on any atom is -0.317 e. The molecule has 0 amide bonds. The molecule has 0 fully saturated rings. The third-order valence-electron chi connectivity index (χ3n) is 2.18. The minimum atomic E-state index is -0.939. The van der Waals surface area contributed by atoms with Crippen LogP contribution in [0.1, 0.15) is 26.3 Å². The molecule has 0 aliphatic heterocycles. The molecular weight excluding hydrogens is 230 g/mol. The van der Waals surface area contributed by atoms with Gasteiger partial charge < -0.3 is 4.98 Å². The fourth-order valence-electron chi connectivity index (χ4n) is 1.57. The van der Waals surface area contributed by atoms with E-state index in [1.165, 1.54) is 0 Å². The number of rotatable bonds is 2. The maximum Gasteiger partial charge on any atom is 0.344 e. The van der Waals surface area contributed by atoms with Gasteiger partial charge in [-0.15, -0.1) is 0 Å². The van der Waals surface area contributed by atoms with Gasteiger partial charge in [0.15, 0.2) is 0 Å². The number of pyridine rings is 1. The van der Waals surface area contributed by atoms with E-state index >= 15 is 0 Å². The zero-order valence-electron chi connectivity index (χ0n) is 9.51. The Morgan fingerprint density at radius 3 is 2.06 bits per heavy atom. The molecule has 8 heteroatoms. The molecule has 0 atom stereocenters. The number of nitro groups is 2. The monoisotopic (exact) mass is 241 g/mol. The highest BCUT2D eigenvalue weighted by molar-refractivity contribution is 5.54. The highest BCUT2D eigenvalue weighted by Gasteiger charge is 2.36. The van der Waals surface area contributed by atoms with Crippen LogP contribution in [0.4, 0.5) is 11.4 Å². The zero-order valence-corrected chi connectivity index (χ0v) is 9.51. The highest BCUT2D eigenvalue weighted by Crippen LogP contribution is 2.35. The molecule has 1 aromatic heterocycles. The van der Waals surface area contributed by atoms with E-state index < -0.39 is 32.2 Å². The van der Waals surface area contributed by atoms with Crippen LogP contribution in [0.5, 0.6) is 0 Å². The van der Waals surface area contributed by atoms with Gasteiger partial charge >= 0.3 is 11.2 Å². The average molecular weight is 241 g/mol. The fraction of sp³-hybridized carbons (Fsp3) is 0.444. The Bertz CT molecular complexity index is 541. The zero-order chi connectivity index (χ0) is 13.4. The van der Waals surface area contributed by atoms with Crippen LogP contribution in [-0.2, 0) is 5.41 Å². The van der Waals surface area contributed by atoms with Crippen molar-refractivity contribution in [1.29, 1.82) is 0 Å². The van der Waals surface area contributed by atoms with Gasteiger partial charge in [-0.1, -0.05) is 20.8 Å². The van der Waals surface area contributed by atoms with E-state index in [1.807, 2.05) is 4.98 Å². The molecular formula is C9H11N3O5. The highest BCUT2D eigenvalue weighted by atomic mass is 16.6. The van der Waals surface area contributed by atoms with Crippen molar-refractivity contribution < 1.29 is 9.85 Å². The van der Waals surface area contributed by atoms with Crippen molar-refractivity contribution in [2.45, 2.75) is 26.2 Å². The van der Waals surface area contributed by atoms with E-state index in [2.05, 4.69) is 0 Å². The molecule has 0 unspecified atom stereocenters. The van der Waals surface area contributed by atoms with Crippen molar-refractivity contribution in [2.24, 2.45) is 0 Å². The number of hydrogen-bond acceptors (Lipinski definition) is 5. The van der Waals surface area contributed by atoms with Crippen LogP contribution in [0, 0.1) is 20.2 Å². The van der Waals surface area contributed by atoms with Crippen LogP contribution >= 0.6 is 0 Å². The van der Waals surface area contributed by atoms with E-state index in [9.17, 15) is 25.0 Å². The molecule has 0 radical (unpaired) electrons. The molecule has 1 aromatic rings. The molecule has 8 nitrogen and oxygen atoms in total. The summed E-state index contributed by atoms with van der Waals surface area (Å²) in [6, 6.07) is 0. The van der Waals surface area contributed by atoms with E-state index in [0.717, 1.165) is 6.20 Å². The summed E-state index contributed by atoms with van der Waals surface area (Å²) < 4.78 is 0. The Kier molecular flexibility index (Phi) is 2.99. The Morgan fingerprint density at radius 2 is 1.71 bits per heavy atom. The quantitative estimate of drug-likeness (QED) is 0.621. The Hall–Kier alpha value is -2.25. The summed E-state index contributed by atoms with van der Waals surface area (Å²) in [6.07, 6.45) is 0.885. The van der Waals surface area contributed by atoms with Crippen molar-refractivity contribution in [2.75, 3.05) is 0 Å². The average Bonchev–Trinajstić information content (AvgIpc) is 2.14. The van der Waals surface area contributed by atoms with Crippen LogP contribution in [0.25, 0.3) is 0 Å². The molecule has 0 spiro atoms. The number of H-pyrrole nitrogens is 1. The Labute approximate surface area is 95.6 Å². The second-order valence-electron chi connectivity index (χ2n) is 4.49. The van der Waals surface area contributed by atoms with E-state index in [0.29, 0.717) is 0 Å². The molecule has 0 saturated heterocycles. The molecule has 92 valence electrons. The molecule has 0 aliphatic carbocycles. The second kappa shape index (κ2) is 3.96. The standard InChI is InChI=1S/C9H11N3O5/c1-9(2,3)6-5(11(14)15)4-10-8(13)7(6)12(16)17/h4H,1-3H3,(H,10,13). The van der Waals surface area contributed by atoms with Gasteiger partial charge in [-0.3, -0.25) is 25.0 Å². The van der Waals surface area contributed by atoms with Crippen LogP contribution in [0.3, 0.4) is 0 Å². The maximum atomic E-state index is 11.4. The van der Waals surface area contributed by atoms with Gasteiger partial charge in [0, 0.05) is 5.41 Å². The molecule has 1 rings (SSSR count). The van der Waals surface area contributed by atoms with Crippen molar-refractivity contribution >= 4 is 11.4 Å². The number of nitrogens with one attached hydrogen (secondary N) is 1. The SMILES string of the molecule is CC(C)(C)c1c([N+](=O)[O-])c[nH]c(=O)c1[N+](=O)[O-]. The molecule has 1 heterocycles. The van der Waals surface area contributed by atoms with Crippen LogP contribution in [-0.4, -0.2) is 14.8 Å². The lowest BCUT2D eigenvalue weighted by Crippen LogP contribution is -2.23. The topological polar surface area (TPSA) is 119 Å². The van der Waals surface area contributed by atoms with Crippen molar-refractivity contribution in [3.63, 3.8) is 0 Å². The lowest BCUT2D eigenvalue weighted by atomic mass is 9.85. The first-order valence-electron chi connectivity index (χ1n) is 4.71. The summed E-state index contributed by atoms with van der Waals surface area (Å²) in [5, 5.41) is 21.6. The second-order valence-corrected chi connectivity index (χ2v) is 4.49.